The number of carboxylic acids is 1. The number of primary amides is 1. The summed E-state index contributed by atoms with van der Waals surface area (Å²) in [5.74, 6) is -2.49. The van der Waals surface area contributed by atoms with Crippen LogP contribution in [0.2, 0.25) is 0 Å². The normalized spacial score (nSPS) is 13.4. The topological polar surface area (TPSA) is 127 Å². The van der Waals surface area contributed by atoms with E-state index < -0.39 is 30.2 Å². The van der Waals surface area contributed by atoms with Gasteiger partial charge in [-0.1, -0.05) is 13.3 Å². The highest BCUT2D eigenvalue weighted by Gasteiger charge is 2.23. The van der Waals surface area contributed by atoms with Gasteiger partial charge in [-0.2, -0.15) is 0 Å². The smallest absolute Gasteiger partial charge is 0.326 e. The predicted octanol–water partition coefficient (Wildman–Crippen LogP) is 0.0592. The molecular weight excluding hydrogens is 276 g/mol. The SMILES string of the molecule is CCCC(CC(=O)N[C@H](CC(N)=O)C(=O)O)n1ccnc1. The van der Waals surface area contributed by atoms with Gasteiger partial charge >= 0.3 is 5.97 Å². The second-order valence-electron chi connectivity index (χ2n) is 4.79. The average molecular weight is 296 g/mol. The molecule has 8 nitrogen and oxygen atoms in total. The molecule has 0 spiro atoms. The van der Waals surface area contributed by atoms with E-state index in [4.69, 9.17) is 10.8 Å². The molecule has 1 rings (SSSR count). The van der Waals surface area contributed by atoms with E-state index in [-0.39, 0.29) is 12.5 Å². The summed E-state index contributed by atoms with van der Waals surface area (Å²) in [6.07, 6.45) is 6.32. The van der Waals surface area contributed by atoms with Crippen molar-refractivity contribution in [3.63, 3.8) is 0 Å². The minimum Gasteiger partial charge on any atom is -0.480 e. The van der Waals surface area contributed by atoms with Crippen LogP contribution in [0.1, 0.15) is 38.6 Å². The Morgan fingerprint density at radius 2 is 2.10 bits per heavy atom. The Kier molecular flexibility index (Phi) is 6.38. The lowest BCUT2D eigenvalue weighted by molar-refractivity contribution is -0.143. The molecule has 0 fully saturated rings. The number of hydrogen-bond acceptors (Lipinski definition) is 4. The van der Waals surface area contributed by atoms with Crippen molar-refractivity contribution < 1.29 is 19.5 Å². The van der Waals surface area contributed by atoms with Crippen molar-refractivity contribution in [2.24, 2.45) is 5.73 Å². The van der Waals surface area contributed by atoms with E-state index >= 15 is 0 Å². The van der Waals surface area contributed by atoms with Crippen LogP contribution in [-0.4, -0.2) is 38.5 Å². The zero-order valence-electron chi connectivity index (χ0n) is 11.9. The van der Waals surface area contributed by atoms with Gasteiger partial charge in [0.1, 0.15) is 6.04 Å². The second kappa shape index (κ2) is 8.03. The second-order valence-corrected chi connectivity index (χ2v) is 4.79. The summed E-state index contributed by atoms with van der Waals surface area (Å²) < 4.78 is 1.81. The highest BCUT2D eigenvalue weighted by Crippen LogP contribution is 2.17. The quantitative estimate of drug-likeness (QED) is 0.593. The molecule has 116 valence electrons. The molecule has 8 heteroatoms. The molecule has 1 aromatic rings. The molecule has 0 radical (unpaired) electrons. The van der Waals surface area contributed by atoms with Gasteiger partial charge in [-0.3, -0.25) is 9.59 Å². The van der Waals surface area contributed by atoms with E-state index in [9.17, 15) is 14.4 Å². The van der Waals surface area contributed by atoms with Crippen molar-refractivity contribution in [3.05, 3.63) is 18.7 Å². The first-order valence-corrected chi connectivity index (χ1v) is 6.72. The minimum atomic E-state index is -1.29. The summed E-state index contributed by atoms with van der Waals surface area (Å²) in [6.45, 7) is 2.00. The number of rotatable bonds is 9. The fourth-order valence-electron chi connectivity index (χ4n) is 2.04. The summed E-state index contributed by atoms with van der Waals surface area (Å²) >= 11 is 0. The van der Waals surface area contributed by atoms with Crippen LogP contribution in [0.4, 0.5) is 0 Å². The Bertz CT molecular complexity index is 486. The van der Waals surface area contributed by atoms with Gasteiger partial charge in [0.2, 0.25) is 11.8 Å². The number of amides is 2. The third-order valence-electron chi connectivity index (χ3n) is 3.03. The van der Waals surface area contributed by atoms with E-state index in [1.165, 1.54) is 0 Å². The highest BCUT2D eigenvalue weighted by molar-refractivity contribution is 5.88. The zero-order chi connectivity index (χ0) is 15.8. The third kappa shape index (κ3) is 5.64. The van der Waals surface area contributed by atoms with Gasteiger partial charge in [-0.05, 0) is 6.42 Å². The van der Waals surface area contributed by atoms with Gasteiger partial charge in [0.25, 0.3) is 0 Å². The van der Waals surface area contributed by atoms with Gasteiger partial charge < -0.3 is 20.7 Å². The van der Waals surface area contributed by atoms with Crippen LogP contribution in [0.3, 0.4) is 0 Å². The average Bonchev–Trinajstić information content (AvgIpc) is 2.90. The van der Waals surface area contributed by atoms with Gasteiger partial charge in [0.15, 0.2) is 0 Å². The largest absolute Gasteiger partial charge is 0.480 e. The maximum atomic E-state index is 12.0. The number of carbonyl (C=O) groups is 3. The number of aromatic nitrogens is 2. The van der Waals surface area contributed by atoms with Crippen LogP contribution in [0.15, 0.2) is 18.7 Å². The van der Waals surface area contributed by atoms with Crippen molar-refractivity contribution >= 4 is 17.8 Å². The van der Waals surface area contributed by atoms with Crippen LogP contribution in [0.5, 0.6) is 0 Å². The first kappa shape index (κ1) is 16.7. The van der Waals surface area contributed by atoms with Gasteiger partial charge in [-0.25, -0.2) is 9.78 Å². The van der Waals surface area contributed by atoms with Gasteiger partial charge in [0, 0.05) is 24.9 Å². The lowest BCUT2D eigenvalue weighted by Crippen LogP contribution is -2.43. The fraction of sp³-hybridized carbons (Fsp3) is 0.538. The Morgan fingerprint density at radius 1 is 1.38 bits per heavy atom. The molecule has 0 aliphatic rings. The molecule has 21 heavy (non-hydrogen) atoms. The van der Waals surface area contributed by atoms with E-state index in [0.717, 1.165) is 12.8 Å². The summed E-state index contributed by atoms with van der Waals surface area (Å²) in [6, 6.07) is -1.39. The standard InChI is InChI=1S/C13H20N4O4/c1-2-3-9(17-5-4-15-8-17)6-12(19)16-10(13(20)21)7-11(14)18/h4-5,8-10H,2-3,6-7H2,1H3,(H2,14,18)(H,16,19)(H,20,21)/t9?,10-/m1/s1. The maximum absolute atomic E-state index is 12.0. The van der Waals surface area contributed by atoms with E-state index in [2.05, 4.69) is 10.3 Å². The molecule has 1 heterocycles. The first-order valence-electron chi connectivity index (χ1n) is 6.72. The van der Waals surface area contributed by atoms with Crippen molar-refractivity contribution in [2.75, 3.05) is 0 Å². The number of hydrogen-bond donors (Lipinski definition) is 3. The minimum absolute atomic E-state index is 0.0967. The Labute approximate surface area is 122 Å². The van der Waals surface area contributed by atoms with Crippen molar-refractivity contribution in [1.29, 1.82) is 0 Å². The Morgan fingerprint density at radius 3 is 2.57 bits per heavy atom. The summed E-state index contributed by atoms with van der Waals surface area (Å²) in [5, 5.41) is 11.3. The van der Waals surface area contributed by atoms with Gasteiger partial charge in [0.05, 0.1) is 12.7 Å². The lowest BCUT2D eigenvalue weighted by atomic mass is 10.1. The molecular formula is C13H20N4O4. The van der Waals surface area contributed by atoms with Crippen molar-refractivity contribution in [1.82, 2.24) is 14.9 Å². The number of nitrogens with one attached hydrogen (secondary N) is 1. The number of imidazole rings is 1. The molecule has 0 aliphatic carbocycles. The first-order chi connectivity index (χ1) is 9.93. The molecule has 1 unspecified atom stereocenters. The molecule has 0 saturated heterocycles. The van der Waals surface area contributed by atoms with Crippen molar-refractivity contribution in [3.8, 4) is 0 Å². The van der Waals surface area contributed by atoms with Gasteiger partial charge in [-0.15, -0.1) is 0 Å². The number of aliphatic carboxylic acids is 1. The van der Waals surface area contributed by atoms with E-state index in [1.54, 1.807) is 18.7 Å². The fourth-order valence-corrected chi connectivity index (χ4v) is 2.04. The van der Waals surface area contributed by atoms with Crippen LogP contribution in [0, 0.1) is 0 Å². The monoisotopic (exact) mass is 296 g/mol. The van der Waals surface area contributed by atoms with Crippen LogP contribution in [0.25, 0.3) is 0 Å². The zero-order valence-corrected chi connectivity index (χ0v) is 11.9. The van der Waals surface area contributed by atoms with E-state index in [0.29, 0.717) is 0 Å². The lowest BCUT2D eigenvalue weighted by Gasteiger charge is -2.19. The number of nitrogens with zero attached hydrogens (tertiary/aromatic N) is 2. The highest BCUT2D eigenvalue weighted by atomic mass is 16.4. The molecule has 2 amide bonds. The van der Waals surface area contributed by atoms with E-state index in [1.807, 2.05) is 11.5 Å². The van der Waals surface area contributed by atoms with Crippen LogP contribution < -0.4 is 11.1 Å². The summed E-state index contributed by atoms with van der Waals surface area (Å²) in [7, 11) is 0. The number of nitrogens with two attached hydrogens (primary N) is 1. The third-order valence-corrected chi connectivity index (χ3v) is 3.03. The molecule has 0 aliphatic heterocycles. The number of carboxylic acid groups (broad SMARTS) is 1. The van der Waals surface area contributed by atoms with Crippen LogP contribution >= 0.6 is 0 Å². The van der Waals surface area contributed by atoms with Crippen molar-refractivity contribution in [2.45, 2.75) is 44.7 Å². The summed E-state index contributed by atoms with van der Waals surface area (Å²) in [5.41, 5.74) is 4.97. The molecule has 0 aromatic carbocycles. The molecule has 0 bridgehead atoms. The molecule has 0 saturated carbocycles. The Hall–Kier alpha value is -2.38. The molecule has 4 N–H and O–H groups in total. The molecule has 2 atom stereocenters. The molecule has 1 aromatic heterocycles. The maximum Gasteiger partial charge on any atom is 0.326 e. The predicted molar refractivity (Wildman–Crippen MR) is 74.2 cm³/mol. The Balaban J connectivity index is 2.64. The summed E-state index contributed by atoms with van der Waals surface area (Å²) in [4.78, 5) is 37.7. The van der Waals surface area contributed by atoms with Crippen LogP contribution in [-0.2, 0) is 14.4 Å². The number of carbonyl (C=O) groups excluding carboxylic acids is 2.